The Balaban J connectivity index is 2.24. The molecule has 4 heteroatoms. The van der Waals surface area contributed by atoms with Crippen molar-refractivity contribution in [2.45, 2.75) is 25.4 Å². The fraction of sp³-hybridized carbons (Fsp3) is 0.615. The first-order valence-corrected chi connectivity index (χ1v) is 6.16. The van der Waals surface area contributed by atoms with Crippen LogP contribution in [-0.2, 0) is 4.74 Å². The average molecular weight is 235 g/mol. The van der Waals surface area contributed by atoms with Gasteiger partial charge in [0.2, 0.25) is 0 Å². The van der Waals surface area contributed by atoms with Crippen molar-refractivity contribution in [3.05, 3.63) is 23.9 Å². The van der Waals surface area contributed by atoms with E-state index < -0.39 is 0 Å². The number of hydrogen-bond acceptors (Lipinski definition) is 4. The molecule has 0 aliphatic carbocycles. The summed E-state index contributed by atoms with van der Waals surface area (Å²) in [6.45, 7) is 3.82. The van der Waals surface area contributed by atoms with E-state index >= 15 is 0 Å². The Morgan fingerprint density at radius 3 is 3.06 bits per heavy atom. The van der Waals surface area contributed by atoms with Gasteiger partial charge >= 0.3 is 0 Å². The predicted octanol–water partition coefficient (Wildman–Crippen LogP) is 1.59. The van der Waals surface area contributed by atoms with Crippen LogP contribution in [0.25, 0.3) is 0 Å². The summed E-state index contributed by atoms with van der Waals surface area (Å²) in [4.78, 5) is 6.77. The summed E-state index contributed by atoms with van der Waals surface area (Å²) in [6, 6.07) is 4.89. The Morgan fingerprint density at radius 1 is 1.59 bits per heavy atom. The molecule has 0 spiro atoms. The van der Waals surface area contributed by atoms with Gasteiger partial charge in [-0.1, -0.05) is 6.07 Å². The second-order valence-corrected chi connectivity index (χ2v) is 4.55. The van der Waals surface area contributed by atoms with E-state index in [0.717, 1.165) is 25.5 Å². The van der Waals surface area contributed by atoms with Gasteiger partial charge in [0, 0.05) is 31.5 Å². The molecule has 94 valence electrons. The summed E-state index contributed by atoms with van der Waals surface area (Å²) in [5.41, 5.74) is 1.24. The van der Waals surface area contributed by atoms with Crippen molar-refractivity contribution in [1.29, 1.82) is 0 Å². The molecule has 2 unspecified atom stereocenters. The van der Waals surface area contributed by atoms with Gasteiger partial charge in [0.05, 0.1) is 12.6 Å². The van der Waals surface area contributed by atoms with E-state index in [1.807, 2.05) is 19.3 Å². The van der Waals surface area contributed by atoms with E-state index in [4.69, 9.17) is 4.74 Å². The monoisotopic (exact) mass is 235 g/mol. The van der Waals surface area contributed by atoms with Crippen LogP contribution < -0.4 is 10.2 Å². The molecule has 1 aromatic rings. The first-order valence-electron chi connectivity index (χ1n) is 6.16. The number of ether oxygens (including phenoxy) is 1. The van der Waals surface area contributed by atoms with E-state index in [-0.39, 0.29) is 0 Å². The standard InChI is InChI=1S/C13H21N3O/c1-10(14-2)12-5-4-7-15-13(12)16(3)11-6-8-17-9-11/h4-5,7,10-11,14H,6,8-9H2,1-3H3. The molecule has 4 nitrogen and oxygen atoms in total. The van der Waals surface area contributed by atoms with Crippen molar-refractivity contribution >= 4 is 5.82 Å². The number of hydrogen-bond donors (Lipinski definition) is 1. The fourth-order valence-electron chi connectivity index (χ4n) is 2.20. The highest BCUT2D eigenvalue weighted by atomic mass is 16.5. The molecule has 0 radical (unpaired) electrons. The van der Waals surface area contributed by atoms with Crippen molar-refractivity contribution in [2.24, 2.45) is 0 Å². The maximum Gasteiger partial charge on any atom is 0.133 e. The lowest BCUT2D eigenvalue weighted by Gasteiger charge is -2.28. The minimum absolute atomic E-state index is 0.309. The Kier molecular flexibility index (Phi) is 3.97. The van der Waals surface area contributed by atoms with Gasteiger partial charge in [0.25, 0.3) is 0 Å². The van der Waals surface area contributed by atoms with E-state index in [1.165, 1.54) is 5.56 Å². The summed E-state index contributed by atoms with van der Waals surface area (Å²) < 4.78 is 5.44. The van der Waals surface area contributed by atoms with Gasteiger partial charge in [0.15, 0.2) is 0 Å². The normalized spacial score (nSPS) is 21.5. The number of rotatable bonds is 4. The molecule has 2 atom stereocenters. The van der Waals surface area contributed by atoms with Gasteiger partial charge in [-0.15, -0.1) is 0 Å². The quantitative estimate of drug-likeness (QED) is 0.860. The zero-order valence-corrected chi connectivity index (χ0v) is 10.8. The van der Waals surface area contributed by atoms with E-state index in [0.29, 0.717) is 12.1 Å². The van der Waals surface area contributed by atoms with E-state index in [2.05, 4.69) is 35.2 Å². The topological polar surface area (TPSA) is 37.4 Å². The van der Waals surface area contributed by atoms with Crippen LogP contribution in [-0.4, -0.2) is 38.3 Å². The van der Waals surface area contributed by atoms with Gasteiger partial charge in [-0.25, -0.2) is 4.98 Å². The minimum Gasteiger partial charge on any atom is -0.379 e. The maximum atomic E-state index is 5.44. The Bertz CT molecular complexity index is 363. The molecule has 1 aromatic heterocycles. The molecule has 0 saturated carbocycles. The number of aromatic nitrogens is 1. The molecule has 1 N–H and O–H groups in total. The highest BCUT2D eigenvalue weighted by Crippen LogP contribution is 2.26. The molecule has 1 aliphatic rings. The van der Waals surface area contributed by atoms with Crippen LogP contribution in [0.2, 0.25) is 0 Å². The average Bonchev–Trinajstić information content (AvgIpc) is 2.91. The van der Waals surface area contributed by atoms with Crippen LogP contribution in [0.1, 0.15) is 24.9 Å². The van der Waals surface area contributed by atoms with Gasteiger partial charge in [-0.2, -0.15) is 0 Å². The molecule has 0 aromatic carbocycles. The minimum atomic E-state index is 0.309. The van der Waals surface area contributed by atoms with Crippen LogP contribution in [0.3, 0.4) is 0 Å². The molecule has 0 bridgehead atoms. The van der Waals surface area contributed by atoms with Crippen molar-refractivity contribution in [1.82, 2.24) is 10.3 Å². The first-order chi connectivity index (χ1) is 8.24. The lowest BCUT2D eigenvalue weighted by Crippen LogP contribution is -2.34. The maximum absolute atomic E-state index is 5.44. The zero-order chi connectivity index (χ0) is 12.3. The molecule has 1 fully saturated rings. The van der Waals surface area contributed by atoms with Crippen molar-refractivity contribution in [2.75, 3.05) is 32.2 Å². The third kappa shape index (κ3) is 2.58. The van der Waals surface area contributed by atoms with Crippen LogP contribution in [0, 0.1) is 0 Å². The van der Waals surface area contributed by atoms with Gasteiger partial charge in [-0.05, 0) is 26.5 Å². The summed E-state index contributed by atoms with van der Waals surface area (Å²) in [5, 5.41) is 3.27. The third-order valence-electron chi connectivity index (χ3n) is 3.50. The van der Waals surface area contributed by atoms with E-state index in [9.17, 15) is 0 Å². The number of nitrogens with one attached hydrogen (secondary N) is 1. The van der Waals surface area contributed by atoms with Crippen molar-refractivity contribution in [3.63, 3.8) is 0 Å². The van der Waals surface area contributed by atoms with Gasteiger partial charge < -0.3 is 15.0 Å². The molecule has 17 heavy (non-hydrogen) atoms. The highest BCUT2D eigenvalue weighted by Gasteiger charge is 2.23. The van der Waals surface area contributed by atoms with Crippen LogP contribution in [0.5, 0.6) is 0 Å². The summed E-state index contributed by atoms with van der Waals surface area (Å²) in [7, 11) is 4.08. The predicted molar refractivity (Wildman–Crippen MR) is 69.3 cm³/mol. The summed E-state index contributed by atoms with van der Waals surface area (Å²) in [5.74, 6) is 1.06. The SMILES string of the molecule is CNC(C)c1cccnc1N(C)C1CCOC1. The second-order valence-electron chi connectivity index (χ2n) is 4.55. The third-order valence-corrected chi connectivity index (χ3v) is 3.50. The van der Waals surface area contributed by atoms with Crippen LogP contribution in [0.15, 0.2) is 18.3 Å². The Hall–Kier alpha value is -1.13. The molecule has 1 aliphatic heterocycles. The lowest BCUT2D eigenvalue weighted by atomic mass is 10.1. The molecular formula is C13H21N3O. The number of nitrogens with zero attached hydrogens (tertiary/aromatic N) is 2. The second kappa shape index (κ2) is 5.47. The summed E-state index contributed by atoms with van der Waals surface area (Å²) >= 11 is 0. The molecule has 0 amide bonds. The fourth-order valence-corrected chi connectivity index (χ4v) is 2.20. The molecular weight excluding hydrogens is 214 g/mol. The largest absolute Gasteiger partial charge is 0.379 e. The lowest BCUT2D eigenvalue weighted by molar-refractivity contribution is 0.193. The van der Waals surface area contributed by atoms with Gasteiger partial charge in [0.1, 0.15) is 5.82 Å². The molecule has 1 saturated heterocycles. The molecule has 2 rings (SSSR count). The zero-order valence-electron chi connectivity index (χ0n) is 10.8. The number of pyridine rings is 1. The molecule has 2 heterocycles. The highest BCUT2D eigenvalue weighted by molar-refractivity contribution is 5.48. The summed E-state index contributed by atoms with van der Waals surface area (Å²) in [6.07, 6.45) is 2.94. The van der Waals surface area contributed by atoms with Crippen LogP contribution >= 0.6 is 0 Å². The van der Waals surface area contributed by atoms with Gasteiger partial charge in [-0.3, -0.25) is 0 Å². The van der Waals surface area contributed by atoms with Crippen LogP contribution in [0.4, 0.5) is 5.82 Å². The number of anilines is 1. The Morgan fingerprint density at radius 2 is 2.41 bits per heavy atom. The van der Waals surface area contributed by atoms with Crippen molar-refractivity contribution in [3.8, 4) is 0 Å². The number of likely N-dealkylation sites (N-methyl/N-ethyl adjacent to an activating group) is 1. The smallest absolute Gasteiger partial charge is 0.133 e. The van der Waals surface area contributed by atoms with Crippen molar-refractivity contribution < 1.29 is 4.74 Å². The first kappa shape index (κ1) is 12.3. The van der Waals surface area contributed by atoms with E-state index in [1.54, 1.807) is 0 Å². The Labute approximate surface area is 103 Å².